The summed E-state index contributed by atoms with van der Waals surface area (Å²) in [5.74, 6) is 0.196. The van der Waals surface area contributed by atoms with Crippen molar-refractivity contribution in [3.63, 3.8) is 0 Å². The third kappa shape index (κ3) is 6.92. The molecular weight excluding hydrogens is 398 g/mol. The number of hydrogen-bond acceptors (Lipinski definition) is 5. The summed E-state index contributed by atoms with van der Waals surface area (Å²) >= 11 is 1.23. The Balaban J connectivity index is 1.86. The van der Waals surface area contributed by atoms with Crippen LogP contribution in [0.4, 0.5) is 0 Å². The van der Waals surface area contributed by atoms with E-state index in [1.165, 1.54) is 27.5 Å². The van der Waals surface area contributed by atoms with E-state index in [1.807, 2.05) is 24.3 Å². The van der Waals surface area contributed by atoms with E-state index in [9.17, 15) is 13.2 Å². The van der Waals surface area contributed by atoms with E-state index >= 15 is 0 Å². The Labute approximate surface area is 170 Å². The molecule has 1 aromatic carbocycles. The minimum absolute atomic E-state index is 0.273. The molecule has 1 aromatic heterocycles. The molecule has 0 bridgehead atoms. The second-order valence-electron chi connectivity index (χ2n) is 6.91. The van der Waals surface area contributed by atoms with Crippen molar-refractivity contribution in [2.24, 2.45) is 0 Å². The lowest BCUT2D eigenvalue weighted by Gasteiger charge is -2.20. The number of aromatic carboxylic acids is 1. The van der Waals surface area contributed by atoms with Gasteiger partial charge in [0.15, 0.2) is 0 Å². The molecular formula is C20H27NO5S2. The summed E-state index contributed by atoms with van der Waals surface area (Å²) in [5.41, 5.74) is 1.18. The molecule has 1 N–H and O–H groups in total. The number of aryl methyl sites for hydroxylation is 1. The van der Waals surface area contributed by atoms with Crippen LogP contribution in [0.1, 0.15) is 46.3 Å². The normalized spacial score (nSPS) is 11.9. The number of rotatable bonds is 11. The fourth-order valence-electron chi connectivity index (χ4n) is 2.73. The second-order valence-corrected chi connectivity index (χ2v) is 10.1. The van der Waals surface area contributed by atoms with Gasteiger partial charge in [-0.05, 0) is 48.6 Å². The Kier molecular flexibility index (Phi) is 8.03. The summed E-state index contributed by atoms with van der Waals surface area (Å²) in [5, 5.41) is 8.97. The van der Waals surface area contributed by atoms with Crippen LogP contribution in [0.3, 0.4) is 0 Å². The van der Waals surface area contributed by atoms with Crippen LogP contribution in [0, 0.1) is 0 Å². The maximum Gasteiger partial charge on any atom is 0.345 e. The number of nitrogens with zero attached hydrogens (tertiary/aromatic N) is 1. The zero-order valence-electron chi connectivity index (χ0n) is 16.4. The minimum Gasteiger partial charge on any atom is -0.492 e. The molecule has 0 unspecified atom stereocenters. The van der Waals surface area contributed by atoms with Gasteiger partial charge in [0.05, 0.1) is 6.26 Å². The number of thiophene rings is 1. The first-order valence-electron chi connectivity index (χ1n) is 9.16. The summed E-state index contributed by atoms with van der Waals surface area (Å²) in [6.07, 6.45) is 2.46. The molecule has 0 atom stereocenters. The smallest absolute Gasteiger partial charge is 0.345 e. The molecule has 154 valence electrons. The molecule has 2 rings (SSSR count). The largest absolute Gasteiger partial charge is 0.492 e. The zero-order valence-corrected chi connectivity index (χ0v) is 18.1. The van der Waals surface area contributed by atoms with Crippen LogP contribution in [0.2, 0.25) is 0 Å². The molecule has 0 radical (unpaired) electrons. The summed E-state index contributed by atoms with van der Waals surface area (Å²) in [7, 11) is -3.34. The number of ether oxygens (including phenoxy) is 1. The average Bonchev–Trinajstić information content (AvgIpc) is 3.09. The molecule has 0 aliphatic heterocycles. The van der Waals surface area contributed by atoms with Crippen molar-refractivity contribution in [3.05, 3.63) is 51.7 Å². The number of carbonyl (C=O) groups is 1. The van der Waals surface area contributed by atoms with Gasteiger partial charge in [-0.25, -0.2) is 13.2 Å². The van der Waals surface area contributed by atoms with Gasteiger partial charge in [-0.1, -0.05) is 26.0 Å². The molecule has 0 spiro atoms. The lowest BCUT2D eigenvalue weighted by Crippen LogP contribution is -2.34. The van der Waals surface area contributed by atoms with Gasteiger partial charge in [-0.3, -0.25) is 0 Å². The average molecular weight is 426 g/mol. The summed E-state index contributed by atoms with van der Waals surface area (Å²) in [6, 6.07) is 11.2. The Bertz CT molecular complexity index is 890. The van der Waals surface area contributed by atoms with Gasteiger partial charge in [0.2, 0.25) is 10.0 Å². The third-order valence-corrected chi connectivity index (χ3v) is 6.74. The van der Waals surface area contributed by atoms with Crippen LogP contribution in [-0.4, -0.2) is 49.8 Å². The fourth-order valence-corrected chi connectivity index (χ4v) is 4.48. The van der Waals surface area contributed by atoms with Gasteiger partial charge in [-0.2, -0.15) is 4.31 Å². The molecule has 6 nitrogen and oxygen atoms in total. The van der Waals surface area contributed by atoms with Crippen molar-refractivity contribution in [2.45, 2.75) is 32.6 Å². The maximum absolute atomic E-state index is 12.0. The summed E-state index contributed by atoms with van der Waals surface area (Å²) in [4.78, 5) is 12.2. The van der Waals surface area contributed by atoms with Gasteiger partial charge >= 0.3 is 5.97 Å². The Morgan fingerprint density at radius 2 is 1.96 bits per heavy atom. The maximum atomic E-state index is 12.0. The zero-order chi connectivity index (χ0) is 20.7. The van der Waals surface area contributed by atoms with E-state index < -0.39 is 16.0 Å². The van der Waals surface area contributed by atoms with Crippen LogP contribution in [0.15, 0.2) is 36.4 Å². The van der Waals surface area contributed by atoms with Gasteiger partial charge in [0.25, 0.3) is 0 Å². The number of benzene rings is 1. The highest BCUT2D eigenvalue weighted by atomic mass is 32.2. The van der Waals surface area contributed by atoms with Gasteiger partial charge in [0.1, 0.15) is 17.2 Å². The van der Waals surface area contributed by atoms with E-state index in [-0.39, 0.29) is 13.2 Å². The Morgan fingerprint density at radius 1 is 1.21 bits per heavy atom. The highest BCUT2D eigenvalue weighted by Gasteiger charge is 2.17. The third-order valence-electron chi connectivity index (χ3n) is 4.31. The molecule has 0 fully saturated rings. The molecule has 2 aromatic rings. The van der Waals surface area contributed by atoms with Crippen molar-refractivity contribution in [2.75, 3.05) is 26.0 Å². The molecule has 28 heavy (non-hydrogen) atoms. The highest BCUT2D eigenvalue weighted by molar-refractivity contribution is 7.88. The number of carboxylic acids is 1. The van der Waals surface area contributed by atoms with Crippen molar-refractivity contribution < 1.29 is 23.1 Å². The monoisotopic (exact) mass is 425 g/mol. The van der Waals surface area contributed by atoms with Crippen molar-refractivity contribution in [1.29, 1.82) is 0 Å². The van der Waals surface area contributed by atoms with E-state index in [0.29, 0.717) is 30.2 Å². The first-order valence-corrected chi connectivity index (χ1v) is 11.8. The van der Waals surface area contributed by atoms with E-state index in [0.717, 1.165) is 10.6 Å². The summed E-state index contributed by atoms with van der Waals surface area (Å²) < 4.78 is 31.3. The van der Waals surface area contributed by atoms with E-state index in [1.54, 1.807) is 12.1 Å². The minimum atomic E-state index is -3.34. The predicted octanol–water partition coefficient (Wildman–Crippen LogP) is 3.84. The van der Waals surface area contributed by atoms with Crippen LogP contribution >= 0.6 is 11.3 Å². The standard InChI is InChI=1S/C20H27NO5S2/c1-15(2)16-6-4-7-17(14-16)26-13-12-21(28(3,24)25)11-5-8-18-9-10-19(27-18)20(22)23/h4,6-7,9-10,14-15H,5,8,11-13H2,1-3H3,(H,22,23). The van der Waals surface area contributed by atoms with Gasteiger partial charge in [-0.15, -0.1) is 11.3 Å². The predicted molar refractivity (Wildman–Crippen MR) is 112 cm³/mol. The second kappa shape index (κ2) is 10.0. The van der Waals surface area contributed by atoms with Crippen molar-refractivity contribution in [1.82, 2.24) is 4.31 Å². The van der Waals surface area contributed by atoms with Crippen LogP contribution < -0.4 is 4.74 Å². The SMILES string of the molecule is CC(C)c1cccc(OCCN(CCCc2ccc(C(=O)O)s2)S(C)(=O)=O)c1. The van der Waals surface area contributed by atoms with Crippen molar-refractivity contribution in [3.8, 4) is 5.75 Å². The molecule has 8 heteroatoms. The molecule has 0 aliphatic carbocycles. The molecule has 0 aliphatic rings. The summed E-state index contributed by atoms with van der Waals surface area (Å²) in [6.45, 7) is 5.13. The number of sulfonamides is 1. The van der Waals surface area contributed by atoms with Crippen LogP contribution in [0.5, 0.6) is 5.75 Å². The molecule has 1 heterocycles. The molecule has 0 saturated heterocycles. The van der Waals surface area contributed by atoms with E-state index in [4.69, 9.17) is 9.84 Å². The molecule has 0 amide bonds. The van der Waals surface area contributed by atoms with Gasteiger partial charge < -0.3 is 9.84 Å². The van der Waals surface area contributed by atoms with Crippen LogP contribution in [-0.2, 0) is 16.4 Å². The van der Waals surface area contributed by atoms with E-state index in [2.05, 4.69) is 13.8 Å². The number of carboxylic acid groups (broad SMARTS) is 1. The first kappa shape index (κ1) is 22.4. The fraction of sp³-hybridized carbons (Fsp3) is 0.450. The quantitative estimate of drug-likeness (QED) is 0.591. The lowest BCUT2D eigenvalue weighted by molar-refractivity contribution is 0.0702. The van der Waals surface area contributed by atoms with Crippen molar-refractivity contribution >= 4 is 27.3 Å². The first-order chi connectivity index (χ1) is 13.2. The highest BCUT2D eigenvalue weighted by Crippen LogP contribution is 2.20. The van der Waals surface area contributed by atoms with Gasteiger partial charge in [0, 0.05) is 18.0 Å². The molecule has 0 saturated carbocycles. The topological polar surface area (TPSA) is 83.9 Å². The van der Waals surface area contributed by atoms with Crippen LogP contribution in [0.25, 0.3) is 0 Å². The Hall–Kier alpha value is -1.90. The lowest BCUT2D eigenvalue weighted by atomic mass is 10.0. The number of hydrogen-bond donors (Lipinski definition) is 1. The Morgan fingerprint density at radius 3 is 2.57 bits per heavy atom.